The summed E-state index contributed by atoms with van der Waals surface area (Å²) in [6.45, 7) is 4.63. The predicted molar refractivity (Wildman–Crippen MR) is 140 cm³/mol. The summed E-state index contributed by atoms with van der Waals surface area (Å²) in [5, 5.41) is 2.81. The standard InChI is InChI=1S/C27H32N2O6S/c1-20(2)35-24-14-12-23(13-15-24)29(36(4,31)32)19-21-8-10-22(11-9-21)27(30)28-16-17-34-26-7-5-6-25(18-26)33-3/h5-15,18,20H,16-17,19H2,1-4H3,(H,28,30). The molecule has 0 saturated heterocycles. The molecule has 3 aromatic carbocycles. The summed E-state index contributed by atoms with van der Waals surface area (Å²) in [5.41, 5.74) is 1.76. The predicted octanol–water partition coefficient (Wildman–Crippen LogP) is 4.26. The van der Waals surface area contributed by atoms with Gasteiger partial charge < -0.3 is 19.5 Å². The van der Waals surface area contributed by atoms with E-state index in [1.165, 1.54) is 10.6 Å². The molecule has 1 N–H and O–H groups in total. The number of nitrogens with zero attached hydrogens (tertiary/aromatic N) is 1. The van der Waals surface area contributed by atoms with E-state index in [1.807, 2.05) is 32.0 Å². The number of rotatable bonds is 12. The highest BCUT2D eigenvalue weighted by Gasteiger charge is 2.18. The maximum atomic E-state index is 12.5. The Hall–Kier alpha value is -3.72. The number of carbonyl (C=O) groups is 1. The van der Waals surface area contributed by atoms with Crippen LogP contribution in [0.3, 0.4) is 0 Å². The lowest BCUT2D eigenvalue weighted by molar-refractivity contribution is 0.0947. The van der Waals surface area contributed by atoms with Gasteiger partial charge in [-0.25, -0.2) is 8.42 Å². The van der Waals surface area contributed by atoms with Crippen molar-refractivity contribution in [3.8, 4) is 17.2 Å². The lowest BCUT2D eigenvalue weighted by atomic mass is 10.1. The van der Waals surface area contributed by atoms with Crippen molar-refractivity contribution < 1.29 is 27.4 Å². The van der Waals surface area contributed by atoms with Gasteiger partial charge >= 0.3 is 0 Å². The number of hydrogen-bond donors (Lipinski definition) is 1. The Bertz CT molecular complexity index is 1240. The van der Waals surface area contributed by atoms with E-state index >= 15 is 0 Å². The smallest absolute Gasteiger partial charge is 0.251 e. The molecule has 0 heterocycles. The van der Waals surface area contributed by atoms with Crippen molar-refractivity contribution in [2.75, 3.05) is 30.8 Å². The minimum Gasteiger partial charge on any atom is -0.497 e. The van der Waals surface area contributed by atoms with Gasteiger partial charge in [-0.3, -0.25) is 9.10 Å². The van der Waals surface area contributed by atoms with E-state index in [1.54, 1.807) is 61.7 Å². The number of amides is 1. The Morgan fingerprint density at radius 3 is 2.22 bits per heavy atom. The van der Waals surface area contributed by atoms with Crippen molar-refractivity contribution in [2.45, 2.75) is 26.5 Å². The van der Waals surface area contributed by atoms with E-state index in [0.717, 1.165) is 5.56 Å². The maximum Gasteiger partial charge on any atom is 0.251 e. The van der Waals surface area contributed by atoms with Gasteiger partial charge in [0.05, 0.1) is 38.2 Å². The molecule has 0 fully saturated rings. The van der Waals surface area contributed by atoms with Crippen LogP contribution in [0.15, 0.2) is 72.8 Å². The molecule has 0 aliphatic rings. The zero-order valence-electron chi connectivity index (χ0n) is 20.9. The normalized spacial score (nSPS) is 11.1. The van der Waals surface area contributed by atoms with Crippen LogP contribution in [0.5, 0.6) is 17.2 Å². The van der Waals surface area contributed by atoms with Crippen LogP contribution in [-0.2, 0) is 16.6 Å². The molecule has 0 aromatic heterocycles. The Kier molecular flexibility index (Phi) is 9.19. The second-order valence-electron chi connectivity index (χ2n) is 8.41. The minimum atomic E-state index is -3.53. The Balaban J connectivity index is 1.57. The Morgan fingerprint density at radius 2 is 1.61 bits per heavy atom. The van der Waals surface area contributed by atoms with Gasteiger partial charge in [-0.1, -0.05) is 18.2 Å². The summed E-state index contributed by atoms with van der Waals surface area (Å²) in [5.74, 6) is 1.79. The quantitative estimate of drug-likeness (QED) is 0.365. The van der Waals surface area contributed by atoms with Crippen LogP contribution < -0.4 is 23.8 Å². The van der Waals surface area contributed by atoms with Crippen molar-refractivity contribution in [2.24, 2.45) is 0 Å². The highest BCUT2D eigenvalue weighted by atomic mass is 32.2. The van der Waals surface area contributed by atoms with Gasteiger partial charge in [-0.15, -0.1) is 0 Å². The molecule has 192 valence electrons. The Labute approximate surface area is 212 Å². The van der Waals surface area contributed by atoms with E-state index in [2.05, 4.69) is 5.32 Å². The first-order chi connectivity index (χ1) is 17.2. The second-order valence-corrected chi connectivity index (χ2v) is 10.3. The van der Waals surface area contributed by atoms with Gasteiger partial charge in [-0.05, 0) is 67.9 Å². The molecule has 3 aromatic rings. The molecule has 1 amide bonds. The fraction of sp³-hybridized carbons (Fsp3) is 0.296. The topological polar surface area (TPSA) is 94.2 Å². The summed E-state index contributed by atoms with van der Waals surface area (Å²) in [7, 11) is -1.94. The van der Waals surface area contributed by atoms with Crippen LogP contribution in [0.1, 0.15) is 29.8 Å². The van der Waals surface area contributed by atoms with E-state index in [0.29, 0.717) is 41.7 Å². The average Bonchev–Trinajstić information content (AvgIpc) is 2.85. The number of benzene rings is 3. The summed E-state index contributed by atoms with van der Waals surface area (Å²) in [4.78, 5) is 12.5. The highest BCUT2D eigenvalue weighted by Crippen LogP contribution is 2.24. The van der Waals surface area contributed by atoms with Crippen molar-refractivity contribution in [1.29, 1.82) is 0 Å². The molecule has 9 heteroatoms. The monoisotopic (exact) mass is 512 g/mol. The van der Waals surface area contributed by atoms with E-state index in [9.17, 15) is 13.2 Å². The molecule has 36 heavy (non-hydrogen) atoms. The second kappa shape index (κ2) is 12.3. The number of ether oxygens (including phenoxy) is 3. The van der Waals surface area contributed by atoms with E-state index in [4.69, 9.17) is 14.2 Å². The molecular weight excluding hydrogens is 480 g/mol. The van der Waals surface area contributed by atoms with Crippen LogP contribution in [0.2, 0.25) is 0 Å². The zero-order chi connectivity index (χ0) is 26.1. The number of anilines is 1. The molecule has 0 radical (unpaired) electrons. The van der Waals surface area contributed by atoms with Crippen molar-refractivity contribution in [1.82, 2.24) is 5.32 Å². The third-order valence-electron chi connectivity index (χ3n) is 5.14. The SMILES string of the molecule is COc1cccc(OCCNC(=O)c2ccc(CN(c3ccc(OC(C)C)cc3)S(C)(=O)=O)cc2)c1. The average molecular weight is 513 g/mol. The lowest BCUT2D eigenvalue weighted by Crippen LogP contribution is -2.29. The van der Waals surface area contributed by atoms with Crippen molar-refractivity contribution in [3.63, 3.8) is 0 Å². The van der Waals surface area contributed by atoms with Crippen LogP contribution in [-0.4, -0.2) is 46.9 Å². The Morgan fingerprint density at radius 1 is 0.944 bits per heavy atom. The molecule has 0 aliphatic carbocycles. The van der Waals surface area contributed by atoms with Gasteiger partial charge in [-0.2, -0.15) is 0 Å². The molecule has 0 spiro atoms. The molecule has 0 saturated carbocycles. The highest BCUT2D eigenvalue weighted by molar-refractivity contribution is 7.92. The summed E-state index contributed by atoms with van der Waals surface area (Å²) >= 11 is 0. The van der Waals surface area contributed by atoms with Crippen LogP contribution in [0.4, 0.5) is 5.69 Å². The molecule has 3 rings (SSSR count). The van der Waals surface area contributed by atoms with Gasteiger partial charge in [0.25, 0.3) is 5.91 Å². The molecule has 0 bridgehead atoms. The first-order valence-electron chi connectivity index (χ1n) is 11.5. The number of carbonyl (C=O) groups excluding carboxylic acids is 1. The van der Waals surface area contributed by atoms with Gasteiger partial charge in [0, 0.05) is 11.6 Å². The van der Waals surface area contributed by atoms with Gasteiger partial charge in [0.1, 0.15) is 23.9 Å². The maximum absolute atomic E-state index is 12.5. The number of hydrogen-bond acceptors (Lipinski definition) is 6. The summed E-state index contributed by atoms with van der Waals surface area (Å²) in [6.07, 6.45) is 1.19. The van der Waals surface area contributed by atoms with Gasteiger partial charge in [0.15, 0.2) is 0 Å². The summed E-state index contributed by atoms with van der Waals surface area (Å²) in [6, 6.07) is 21.0. The first-order valence-corrected chi connectivity index (χ1v) is 13.4. The number of nitrogens with one attached hydrogen (secondary N) is 1. The van der Waals surface area contributed by atoms with Crippen LogP contribution in [0, 0.1) is 0 Å². The number of methoxy groups -OCH3 is 1. The van der Waals surface area contributed by atoms with Gasteiger partial charge in [0.2, 0.25) is 10.0 Å². The zero-order valence-corrected chi connectivity index (χ0v) is 21.7. The third kappa shape index (κ3) is 7.91. The fourth-order valence-corrected chi connectivity index (χ4v) is 4.31. The number of sulfonamides is 1. The fourth-order valence-electron chi connectivity index (χ4n) is 3.42. The van der Waals surface area contributed by atoms with Crippen LogP contribution >= 0.6 is 0 Å². The van der Waals surface area contributed by atoms with E-state index in [-0.39, 0.29) is 18.6 Å². The molecule has 8 nitrogen and oxygen atoms in total. The lowest BCUT2D eigenvalue weighted by Gasteiger charge is -2.23. The van der Waals surface area contributed by atoms with Crippen molar-refractivity contribution in [3.05, 3.63) is 83.9 Å². The largest absolute Gasteiger partial charge is 0.497 e. The molecule has 0 unspecified atom stereocenters. The molecule has 0 atom stereocenters. The third-order valence-corrected chi connectivity index (χ3v) is 6.28. The molecular formula is C27H32N2O6S. The van der Waals surface area contributed by atoms with E-state index < -0.39 is 10.0 Å². The van der Waals surface area contributed by atoms with Crippen LogP contribution in [0.25, 0.3) is 0 Å². The molecule has 0 aliphatic heterocycles. The first kappa shape index (κ1) is 26.9. The minimum absolute atomic E-state index is 0.0260. The van der Waals surface area contributed by atoms with Crippen molar-refractivity contribution >= 4 is 21.6 Å². The summed E-state index contributed by atoms with van der Waals surface area (Å²) < 4.78 is 42.7.